The molecule has 0 bridgehead atoms. The van der Waals surface area contributed by atoms with Crippen molar-refractivity contribution in [2.24, 2.45) is 16.8 Å². The Balaban J connectivity index is 1.11. The van der Waals surface area contributed by atoms with E-state index in [0.717, 1.165) is 78.6 Å². The molecule has 190 valence electrons. The highest BCUT2D eigenvalue weighted by Gasteiger charge is 2.57. The third-order valence-corrected chi connectivity index (χ3v) is 8.43. The van der Waals surface area contributed by atoms with Crippen LogP contribution >= 0.6 is 0 Å². The third-order valence-electron chi connectivity index (χ3n) is 8.43. The summed E-state index contributed by atoms with van der Waals surface area (Å²) in [5, 5.41) is 5.79. The van der Waals surface area contributed by atoms with Crippen LogP contribution in [0, 0.1) is 11.8 Å². The van der Waals surface area contributed by atoms with Crippen LogP contribution in [0.2, 0.25) is 0 Å². The zero-order chi connectivity index (χ0) is 25.3. The summed E-state index contributed by atoms with van der Waals surface area (Å²) in [4.78, 5) is 34.8. The first-order valence-corrected chi connectivity index (χ1v) is 13.7. The van der Waals surface area contributed by atoms with E-state index >= 15 is 0 Å². The average Bonchev–Trinajstić information content (AvgIpc) is 3.79. The van der Waals surface area contributed by atoms with Crippen molar-refractivity contribution in [2.75, 3.05) is 19.6 Å². The number of hydrogen-bond donors (Lipinski definition) is 0. The number of likely N-dealkylation sites (tertiary alicyclic amines) is 1. The second-order valence-corrected chi connectivity index (χ2v) is 11.6. The lowest BCUT2D eigenvalue weighted by Crippen LogP contribution is -2.40. The number of hydrogen-bond acceptors (Lipinski definition) is 4. The lowest BCUT2D eigenvalue weighted by Gasteiger charge is -2.23. The Labute approximate surface area is 217 Å². The molecule has 7 rings (SSSR count). The second-order valence-electron chi connectivity index (χ2n) is 11.6. The number of carbonyl (C=O) groups is 2. The van der Waals surface area contributed by atoms with Gasteiger partial charge in [-0.25, -0.2) is 0 Å². The van der Waals surface area contributed by atoms with Crippen molar-refractivity contribution in [3.63, 3.8) is 0 Å². The molecular weight excluding hydrogens is 462 g/mol. The highest BCUT2D eigenvalue weighted by Crippen LogP contribution is 2.46. The first kappa shape index (κ1) is 22.7. The zero-order valence-corrected chi connectivity index (χ0v) is 21.6. The summed E-state index contributed by atoms with van der Waals surface area (Å²) in [6.45, 7) is 6.48. The van der Waals surface area contributed by atoms with Crippen LogP contribution in [-0.2, 0) is 9.59 Å². The molecule has 7 heteroatoms. The van der Waals surface area contributed by atoms with Gasteiger partial charge in [-0.3, -0.25) is 24.2 Å². The van der Waals surface area contributed by atoms with Crippen LogP contribution in [0.4, 0.5) is 0 Å². The van der Waals surface area contributed by atoms with Crippen LogP contribution in [-0.4, -0.2) is 62.4 Å². The Morgan fingerprint density at radius 1 is 1.03 bits per heavy atom. The Kier molecular flexibility index (Phi) is 5.07. The minimum atomic E-state index is -0.530. The maximum atomic E-state index is 13.4. The van der Waals surface area contributed by atoms with E-state index in [0.29, 0.717) is 24.4 Å². The van der Waals surface area contributed by atoms with E-state index in [1.165, 1.54) is 0 Å². The van der Waals surface area contributed by atoms with Crippen molar-refractivity contribution in [1.29, 1.82) is 0 Å². The molecule has 3 fully saturated rings. The molecule has 1 saturated heterocycles. The van der Waals surface area contributed by atoms with E-state index in [2.05, 4.69) is 67.6 Å². The zero-order valence-electron chi connectivity index (χ0n) is 21.6. The number of benzene rings is 2. The molecule has 0 N–H and O–H groups in total. The largest absolute Gasteiger partial charge is 0.342 e. The van der Waals surface area contributed by atoms with Crippen LogP contribution in [0.3, 0.4) is 0 Å². The van der Waals surface area contributed by atoms with E-state index in [1.54, 1.807) is 0 Å². The maximum Gasteiger partial charge on any atom is 0.256 e. The summed E-state index contributed by atoms with van der Waals surface area (Å²) in [6, 6.07) is 15.1. The molecule has 2 aliphatic carbocycles. The van der Waals surface area contributed by atoms with Crippen LogP contribution < -0.4 is 0 Å². The molecule has 1 atom stereocenters. The van der Waals surface area contributed by atoms with Crippen molar-refractivity contribution in [1.82, 2.24) is 19.6 Å². The number of nitrogens with zero attached hydrogens (tertiary/aromatic N) is 5. The predicted molar refractivity (Wildman–Crippen MR) is 143 cm³/mol. The first-order chi connectivity index (χ1) is 17.9. The van der Waals surface area contributed by atoms with Crippen molar-refractivity contribution in [2.45, 2.75) is 57.5 Å². The van der Waals surface area contributed by atoms with E-state index in [4.69, 9.17) is 4.99 Å². The smallest absolute Gasteiger partial charge is 0.256 e. The van der Waals surface area contributed by atoms with Gasteiger partial charge in [0.1, 0.15) is 11.4 Å². The summed E-state index contributed by atoms with van der Waals surface area (Å²) in [5.41, 5.74) is 3.73. The van der Waals surface area contributed by atoms with Gasteiger partial charge in [-0.2, -0.15) is 5.10 Å². The fourth-order valence-corrected chi connectivity index (χ4v) is 5.82. The van der Waals surface area contributed by atoms with E-state index < -0.39 is 5.54 Å². The number of amides is 2. The molecule has 2 aromatic carbocycles. The van der Waals surface area contributed by atoms with Gasteiger partial charge >= 0.3 is 0 Å². The summed E-state index contributed by atoms with van der Waals surface area (Å²) in [7, 11) is 0. The van der Waals surface area contributed by atoms with Gasteiger partial charge in [-0.05, 0) is 75.1 Å². The van der Waals surface area contributed by atoms with Crippen molar-refractivity contribution < 1.29 is 9.59 Å². The summed E-state index contributed by atoms with van der Waals surface area (Å²) in [6.07, 6.45) is 6.81. The molecule has 3 heterocycles. The molecule has 2 amide bonds. The quantitative estimate of drug-likeness (QED) is 0.499. The first-order valence-electron chi connectivity index (χ1n) is 13.7. The van der Waals surface area contributed by atoms with Crippen molar-refractivity contribution in [3.8, 4) is 11.1 Å². The van der Waals surface area contributed by atoms with Crippen molar-refractivity contribution >= 4 is 28.6 Å². The van der Waals surface area contributed by atoms with E-state index in [1.807, 2.05) is 14.5 Å². The molecule has 2 aliphatic heterocycles. The van der Waals surface area contributed by atoms with Crippen LogP contribution in [0.15, 0.2) is 53.7 Å². The molecular formula is C30H33N5O2. The van der Waals surface area contributed by atoms with Gasteiger partial charge in [0.05, 0.1) is 5.52 Å². The molecule has 4 aliphatic rings. The molecule has 1 spiro atoms. The lowest BCUT2D eigenvalue weighted by atomic mass is 10.0. The fourth-order valence-electron chi connectivity index (χ4n) is 5.82. The van der Waals surface area contributed by atoms with E-state index in [9.17, 15) is 9.59 Å². The fraction of sp³-hybridized carbons (Fsp3) is 0.467. The minimum absolute atomic E-state index is 0.145. The Morgan fingerprint density at radius 3 is 2.46 bits per heavy atom. The van der Waals surface area contributed by atoms with Gasteiger partial charge in [0.25, 0.3) is 5.91 Å². The van der Waals surface area contributed by atoms with Gasteiger partial charge in [-0.15, -0.1) is 0 Å². The number of carbonyl (C=O) groups excluding carboxylic acids is 2. The van der Waals surface area contributed by atoms with Crippen LogP contribution in [0.5, 0.6) is 0 Å². The third kappa shape index (κ3) is 3.95. The van der Waals surface area contributed by atoms with E-state index in [-0.39, 0.29) is 11.8 Å². The number of fused-ring (bicyclic) bond motifs is 1. The molecule has 37 heavy (non-hydrogen) atoms. The molecule has 0 radical (unpaired) electrons. The highest BCUT2D eigenvalue weighted by molar-refractivity contribution is 6.16. The molecule has 1 aromatic heterocycles. The Morgan fingerprint density at radius 2 is 1.76 bits per heavy atom. The summed E-state index contributed by atoms with van der Waals surface area (Å²) < 4.78 is 2.00. The monoisotopic (exact) mass is 495 g/mol. The van der Waals surface area contributed by atoms with Gasteiger partial charge in [0.15, 0.2) is 0 Å². The lowest BCUT2D eigenvalue weighted by molar-refractivity contribution is -0.131. The van der Waals surface area contributed by atoms with Gasteiger partial charge in [0.2, 0.25) is 5.91 Å². The molecule has 1 unspecified atom stereocenters. The van der Waals surface area contributed by atoms with Crippen LogP contribution in [0.25, 0.3) is 22.0 Å². The molecule has 7 nitrogen and oxygen atoms in total. The predicted octanol–water partition coefficient (Wildman–Crippen LogP) is 4.66. The number of aliphatic imine (C=N–C) groups is 1. The number of amidine groups is 1. The number of rotatable bonds is 6. The molecule has 3 aromatic rings. The standard InChI is InChI=1S/C30H33N5O2/c1-19(2)35-18-25-15-24(9-10-26(25)32-35)21-3-5-22(6-4-21)27-31-30(12-13-30)29(37)34(27)17-20-11-14-33(16-20)28(36)23-7-8-23/h3-6,9-10,15,18-20,23H,7-8,11-14,16-17H2,1-2H3. The maximum absolute atomic E-state index is 13.4. The van der Waals surface area contributed by atoms with Crippen LogP contribution in [0.1, 0.15) is 57.6 Å². The normalized spacial score (nSPS) is 22.5. The highest BCUT2D eigenvalue weighted by atomic mass is 16.2. The Bertz CT molecular complexity index is 1430. The number of aromatic nitrogens is 2. The van der Waals surface area contributed by atoms with Gasteiger partial charge in [0, 0.05) is 48.7 Å². The Hall–Kier alpha value is -3.48. The topological polar surface area (TPSA) is 70.8 Å². The summed E-state index contributed by atoms with van der Waals surface area (Å²) in [5.74, 6) is 1.82. The second kappa shape index (κ2) is 8.27. The summed E-state index contributed by atoms with van der Waals surface area (Å²) >= 11 is 0. The SMILES string of the molecule is CC(C)n1cc2cc(-c3ccc(C4=NC5(CC5)C(=O)N4CC4CCN(C(=O)C5CC5)C4)cc3)ccc2n1. The average molecular weight is 496 g/mol. The molecule has 2 saturated carbocycles. The van der Waals surface area contributed by atoms with Gasteiger partial charge in [-0.1, -0.05) is 30.3 Å². The minimum Gasteiger partial charge on any atom is -0.342 e. The van der Waals surface area contributed by atoms with Crippen molar-refractivity contribution in [3.05, 3.63) is 54.2 Å². The van der Waals surface area contributed by atoms with Gasteiger partial charge < -0.3 is 4.90 Å².